The van der Waals surface area contributed by atoms with Crippen molar-refractivity contribution >= 4 is 21.6 Å². The molecule has 3 unspecified atom stereocenters. The van der Waals surface area contributed by atoms with Gasteiger partial charge in [0, 0.05) is 11.7 Å². The van der Waals surface area contributed by atoms with Crippen LogP contribution in [0.1, 0.15) is 32.1 Å². The Labute approximate surface area is 160 Å². The Morgan fingerprint density at radius 3 is 2.26 bits per heavy atom. The second-order valence-corrected chi connectivity index (χ2v) is 9.21. The molecule has 5 nitrogen and oxygen atoms in total. The maximum atomic E-state index is 13.4. The molecule has 1 aliphatic carbocycles. The SMILES string of the molecule is O=C(Nc1ccccc1)C1CC2CCCCC2N1S(=O)(=O)c1ccccc1. The summed E-state index contributed by atoms with van der Waals surface area (Å²) in [5.74, 6) is 0.0128. The molecule has 1 aliphatic heterocycles. The molecule has 27 heavy (non-hydrogen) atoms. The number of carbonyl (C=O) groups excluding carboxylic acids is 1. The first-order chi connectivity index (χ1) is 13.1. The Morgan fingerprint density at radius 1 is 0.926 bits per heavy atom. The van der Waals surface area contributed by atoms with Crippen molar-refractivity contribution < 1.29 is 13.2 Å². The first-order valence-electron chi connectivity index (χ1n) is 9.52. The second kappa shape index (κ2) is 7.44. The molecule has 4 rings (SSSR count). The molecule has 1 heterocycles. The highest BCUT2D eigenvalue weighted by Gasteiger charge is 2.50. The minimum Gasteiger partial charge on any atom is -0.325 e. The fraction of sp³-hybridized carbons (Fsp3) is 0.381. The molecule has 0 spiro atoms. The van der Waals surface area contributed by atoms with Crippen LogP contribution in [0.5, 0.6) is 0 Å². The molecular formula is C21H24N2O3S. The number of nitrogens with zero attached hydrogens (tertiary/aromatic N) is 1. The Bertz CT molecular complexity index is 900. The third kappa shape index (κ3) is 3.51. The average Bonchev–Trinajstić information content (AvgIpc) is 3.10. The highest BCUT2D eigenvalue weighted by molar-refractivity contribution is 7.89. The van der Waals surface area contributed by atoms with E-state index in [1.807, 2.05) is 30.3 Å². The minimum atomic E-state index is -3.72. The zero-order chi connectivity index (χ0) is 18.9. The molecule has 0 radical (unpaired) electrons. The van der Waals surface area contributed by atoms with Crippen LogP contribution in [0.2, 0.25) is 0 Å². The fourth-order valence-electron chi connectivity index (χ4n) is 4.45. The zero-order valence-corrected chi connectivity index (χ0v) is 15.9. The number of hydrogen-bond acceptors (Lipinski definition) is 3. The molecule has 0 aromatic heterocycles. The topological polar surface area (TPSA) is 66.5 Å². The third-order valence-electron chi connectivity index (χ3n) is 5.69. The van der Waals surface area contributed by atoms with E-state index in [9.17, 15) is 13.2 Å². The van der Waals surface area contributed by atoms with Crippen LogP contribution >= 0.6 is 0 Å². The average molecular weight is 385 g/mol. The third-order valence-corrected chi connectivity index (χ3v) is 7.64. The van der Waals surface area contributed by atoms with Crippen molar-refractivity contribution in [2.24, 2.45) is 5.92 Å². The maximum absolute atomic E-state index is 13.4. The van der Waals surface area contributed by atoms with Crippen LogP contribution < -0.4 is 5.32 Å². The predicted molar refractivity (Wildman–Crippen MR) is 105 cm³/mol. The van der Waals surface area contributed by atoms with Gasteiger partial charge in [0.2, 0.25) is 15.9 Å². The van der Waals surface area contributed by atoms with E-state index < -0.39 is 16.1 Å². The van der Waals surface area contributed by atoms with Crippen molar-refractivity contribution in [3.63, 3.8) is 0 Å². The fourth-order valence-corrected chi connectivity index (χ4v) is 6.34. The van der Waals surface area contributed by atoms with Gasteiger partial charge in [-0.05, 0) is 49.4 Å². The second-order valence-electron chi connectivity index (χ2n) is 7.37. The van der Waals surface area contributed by atoms with E-state index in [2.05, 4.69) is 5.32 Å². The summed E-state index contributed by atoms with van der Waals surface area (Å²) in [6.45, 7) is 0. The molecule has 0 bridgehead atoms. The molecule has 2 fully saturated rings. The van der Waals surface area contributed by atoms with Crippen LogP contribution in [0.15, 0.2) is 65.6 Å². The molecule has 2 aromatic rings. The molecular weight excluding hydrogens is 360 g/mol. The van der Waals surface area contributed by atoms with Gasteiger partial charge in [0.05, 0.1) is 4.90 Å². The Balaban J connectivity index is 1.67. The van der Waals surface area contributed by atoms with E-state index in [4.69, 9.17) is 0 Å². The molecule has 2 aromatic carbocycles. The molecule has 1 N–H and O–H groups in total. The summed E-state index contributed by atoms with van der Waals surface area (Å²) in [4.78, 5) is 13.3. The number of anilines is 1. The quantitative estimate of drug-likeness (QED) is 0.875. The highest BCUT2D eigenvalue weighted by Crippen LogP contribution is 2.43. The number of fused-ring (bicyclic) bond motifs is 1. The van der Waals surface area contributed by atoms with Crippen LogP contribution in [0.4, 0.5) is 5.69 Å². The lowest BCUT2D eigenvalue weighted by Crippen LogP contribution is -2.47. The van der Waals surface area contributed by atoms with Gasteiger partial charge in [0.1, 0.15) is 6.04 Å². The number of hydrogen-bond donors (Lipinski definition) is 1. The van der Waals surface area contributed by atoms with Crippen molar-refractivity contribution in [3.8, 4) is 0 Å². The van der Waals surface area contributed by atoms with Crippen molar-refractivity contribution in [2.75, 3.05) is 5.32 Å². The smallest absolute Gasteiger partial charge is 0.244 e. The Morgan fingerprint density at radius 2 is 1.56 bits per heavy atom. The number of para-hydroxylation sites is 1. The number of amides is 1. The number of sulfonamides is 1. The number of rotatable bonds is 4. The van der Waals surface area contributed by atoms with Gasteiger partial charge >= 0.3 is 0 Å². The summed E-state index contributed by atoms with van der Waals surface area (Å²) in [6, 6.07) is 16.9. The largest absolute Gasteiger partial charge is 0.325 e. The van der Waals surface area contributed by atoms with Gasteiger partial charge in [-0.2, -0.15) is 4.31 Å². The molecule has 1 saturated carbocycles. The minimum absolute atomic E-state index is 0.0875. The van der Waals surface area contributed by atoms with Gasteiger partial charge in [0.25, 0.3) is 0 Å². The summed E-state index contributed by atoms with van der Waals surface area (Å²) >= 11 is 0. The summed E-state index contributed by atoms with van der Waals surface area (Å²) in [5, 5.41) is 2.90. The van der Waals surface area contributed by atoms with Gasteiger partial charge in [-0.3, -0.25) is 4.79 Å². The molecule has 6 heteroatoms. The van der Waals surface area contributed by atoms with E-state index in [1.165, 1.54) is 4.31 Å². The molecule has 1 amide bonds. The summed E-state index contributed by atoms with van der Waals surface area (Å²) in [6.07, 6.45) is 4.52. The van der Waals surface area contributed by atoms with Crippen LogP contribution in [0.25, 0.3) is 0 Å². The number of benzene rings is 2. The normalized spacial score (nSPS) is 25.7. The van der Waals surface area contributed by atoms with E-state index in [1.54, 1.807) is 30.3 Å². The molecule has 3 atom stereocenters. The van der Waals surface area contributed by atoms with Crippen molar-refractivity contribution in [1.29, 1.82) is 0 Å². The van der Waals surface area contributed by atoms with Crippen LogP contribution in [-0.2, 0) is 14.8 Å². The van der Waals surface area contributed by atoms with Crippen LogP contribution in [0.3, 0.4) is 0 Å². The van der Waals surface area contributed by atoms with Gasteiger partial charge < -0.3 is 5.32 Å². The summed E-state index contributed by atoms with van der Waals surface area (Å²) < 4.78 is 28.3. The highest BCUT2D eigenvalue weighted by atomic mass is 32.2. The van der Waals surface area contributed by atoms with Crippen molar-refractivity contribution in [3.05, 3.63) is 60.7 Å². The lowest BCUT2D eigenvalue weighted by atomic mass is 9.85. The van der Waals surface area contributed by atoms with Crippen LogP contribution in [0, 0.1) is 5.92 Å². The molecule has 142 valence electrons. The van der Waals surface area contributed by atoms with Crippen molar-refractivity contribution in [1.82, 2.24) is 4.31 Å². The molecule has 1 saturated heterocycles. The van der Waals surface area contributed by atoms with Crippen molar-refractivity contribution in [2.45, 2.75) is 49.1 Å². The van der Waals surface area contributed by atoms with Crippen LogP contribution in [-0.4, -0.2) is 30.7 Å². The predicted octanol–water partition coefficient (Wildman–Crippen LogP) is 3.65. The lowest BCUT2D eigenvalue weighted by Gasteiger charge is -2.32. The summed E-state index contributed by atoms with van der Waals surface area (Å²) in [7, 11) is -3.72. The first-order valence-corrected chi connectivity index (χ1v) is 11.0. The zero-order valence-electron chi connectivity index (χ0n) is 15.1. The maximum Gasteiger partial charge on any atom is 0.244 e. The van der Waals surface area contributed by atoms with E-state index >= 15 is 0 Å². The monoisotopic (exact) mass is 384 g/mol. The summed E-state index contributed by atoms with van der Waals surface area (Å²) in [5.41, 5.74) is 0.689. The van der Waals surface area contributed by atoms with Gasteiger partial charge in [0.15, 0.2) is 0 Å². The van der Waals surface area contributed by atoms with Gasteiger partial charge in [-0.25, -0.2) is 8.42 Å². The lowest BCUT2D eigenvalue weighted by molar-refractivity contribution is -0.119. The van der Waals surface area contributed by atoms with E-state index in [0.29, 0.717) is 12.1 Å². The first kappa shape index (κ1) is 18.2. The number of nitrogens with one attached hydrogen (secondary N) is 1. The Kier molecular flexibility index (Phi) is 5.02. The van der Waals surface area contributed by atoms with E-state index in [-0.39, 0.29) is 22.8 Å². The van der Waals surface area contributed by atoms with Gasteiger partial charge in [-0.1, -0.05) is 49.2 Å². The Hall–Kier alpha value is -2.18. The van der Waals surface area contributed by atoms with E-state index in [0.717, 1.165) is 25.7 Å². The van der Waals surface area contributed by atoms with Gasteiger partial charge in [-0.15, -0.1) is 0 Å². The number of carbonyl (C=O) groups is 1. The molecule has 2 aliphatic rings. The standard InChI is InChI=1S/C21H24N2O3S/c24-21(22-17-10-3-1-4-11-17)20-15-16-9-7-8-14-19(16)23(20)27(25,26)18-12-5-2-6-13-18/h1-6,10-13,16,19-20H,7-9,14-15H2,(H,22,24).